The van der Waals surface area contributed by atoms with E-state index in [9.17, 15) is 14.4 Å². The normalized spacial score (nSPS) is 10.8. The second-order valence-corrected chi connectivity index (χ2v) is 3.88. The Labute approximate surface area is 117 Å². The molecule has 0 spiro atoms. The van der Waals surface area contributed by atoms with Gasteiger partial charge in [-0.15, -0.1) is 0 Å². The molecular weight excluding hydrogens is 280 g/mol. The first kappa shape index (κ1) is 14.2. The van der Waals surface area contributed by atoms with Gasteiger partial charge in [0.1, 0.15) is 5.69 Å². The third kappa shape index (κ3) is 3.65. The highest BCUT2D eigenvalue weighted by atomic mass is 16.7. The Morgan fingerprint density at radius 2 is 2.14 bits per heavy atom. The van der Waals surface area contributed by atoms with Gasteiger partial charge in [0, 0.05) is 13.8 Å². The molecule has 108 valence electrons. The lowest BCUT2D eigenvalue weighted by Crippen LogP contribution is -2.17. The second kappa shape index (κ2) is 5.86. The van der Waals surface area contributed by atoms with Crippen LogP contribution in [0.2, 0.25) is 0 Å². The number of H-pyrrole nitrogens is 1. The quantitative estimate of drug-likeness (QED) is 0.444. The highest BCUT2D eigenvalue weighted by Gasteiger charge is 2.08. The summed E-state index contributed by atoms with van der Waals surface area (Å²) in [6.45, 7) is 2.48. The van der Waals surface area contributed by atoms with Gasteiger partial charge in [-0.3, -0.25) is 19.9 Å². The van der Waals surface area contributed by atoms with E-state index in [0.717, 1.165) is 6.21 Å². The Balaban J connectivity index is 2.38. The number of hydrogen-bond acceptors (Lipinski definition) is 8. The van der Waals surface area contributed by atoms with Gasteiger partial charge in [-0.25, -0.2) is 14.8 Å². The van der Waals surface area contributed by atoms with Crippen LogP contribution in [0, 0.1) is 0 Å². The molecule has 1 amide bonds. The molecule has 0 unspecified atom stereocenters. The fourth-order valence-corrected chi connectivity index (χ4v) is 1.37. The monoisotopic (exact) mass is 290 g/mol. The van der Waals surface area contributed by atoms with Gasteiger partial charge in [0.05, 0.1) is 12.4 Å². The molecule has 0 aliphatic carbocycles. The number of carbonyl (C=O) groups is 2. The van der Waals surface area contributed by atoms with Gasteiger partial charge in [-0.05, 0) is 0 Å². The Morgan fingerprint density at radius 3 is 2.81 bits per heavy atom. The van der Waals surface area contributed by atoms with Gasteiger partial charge < -0.3 is 4.84 Å². The number of amides is 1. The van der Waals surface area contributed by atoms with Gasteiger partial charge in [-0.2, -0.15) is 4.98 Å². The van der Waals surface area contributed by atoms with Gasteiger partial charge in [-0.1, -0.05) is 5.16 Å². The molecule has 0 saturated carbocycles. The Hall–Kier alpha value is -3.17. The van der Waals surface area contributed by atoms with E-state index in [-0.39, 0.29) is 28.7 Å². The van der Waals surface area contributed by atoms with Gasteiger partial charge >= 0.3 is 5.97 Å². The molecule has 2 aromatic rings. The van der Waals surface area contributed by atoms with E-state index < -0.39 is 11.5 Å². The van der Waals surface area contributed by atoms with Crippen LogP contribution < -0.4 is 10.9 Å². The summed E-state index contributed by atoms with van der Waals surface area (Å²) in [5, 5.41) is 5.71. The summed E-state index contributed by atoms with van der Waals surface area (Å²) in [5.41, 5.74) is -0.328. The minimum atomic E-state index is -0.584. The number of hydrogen-bond donors (Lipinski definition) is 2. The molecule has 0 radical (unpaired) electrons. The molecule has 21 heavy (non-hydrogen) atoms. The maximum Gasteiger partial charge on any atom is 0.331 e. The van der Waals surface area contributed by atoms with Crippen molar-refractivity contribution in [3.05, 3.63) is 22.2 Å². The first-order valence-electron chi connectivity index (χ1n) is 5.71. The van der Waals surface area contributed by atoms with Crippen molar-refractivity contribution in [2.75, 3.05) is 5.32 Å². The fourth-order valence-electron chi connectivity index (χ4n) is 1.37. The van der Waals surface area contributed by atoms with Crippen LogP contribution in [0.5, 0.6) is 0 Å². The molecule has 0 aliphatic heterocycles. The molecule has 10 heteroatoms. The van der Waals surface area contributed by atoms with E-state index in [1.807, 2.05) is 0 Å². The average molecular weight is 290 g/mol. The number of oxime groups is 1. The number of aromatic amines is 1. The number of aromatic nitrogens is 4. The van der Waals surface area contributed by atoms with Crippen molar-refractivity contribution >= 4 is 35.2 Å². The molecule has 0 aliphatic rings. The summed E-state index contributed by atoms with van der Waals surface area (Å²) in [5.74, 6) is -0.981. The standard InChI is InChI=1S/C11H10N6O4/c1-5(18)14-11-16-9-8(10(20)17-11)15-7(3-12-9)4-13-21-6(2)19/h3-4H,1-2H3,(H2,12,14,16,17,18,20)/b13-4+. The zero-order chi connectivity index (χ0) is 15.4. The maximum absolute atomic E-state index is 11.8. The van der Waals surface area contributed by atoms with Crippen LogP contribution in [0.4, 0.5) is 5.95 Å². The van der Waals surface area contributed by atoms with Crippen LogP contribution in [0.1, 0.15) is 19.5 Å². The molecule has 0 saturated heterocycles. The van der Waals surface area contributed by atoms with Gasteiger partial charge in [0.15, 0.2) is 11.2 Å². The minimum Gasteiger partial charge on any atom is -0.319 e. The van der Waals surface area contributed by atoms with E-state index in [0.29, 0.717) is 0 Å². The SMILES string of the molecule is CC(=O)Nc1nc2ncc(/C=N/OC(C)=O)nc2c(=O)[nH]1. The third-order valence-corrected chi connectivity index (χ3v) is 2.10. The van der Waals surface area contributed by atoms with E-state index in [1.165, 1.54) is 20.0 Å². The molecule has 2 heterocycles. The largest absolute Gasteiger partial charge is 0.331 e. The molecule has 10 nitrogen and oxygen atoms in total. The zero-order valence-electron chi connectivity index (χ0n) is 11.1. The predicted molar refractivity (Wildman–Crippen MR) is 71.6 cm³/mol. The van der Waals surface area contributed by atoms with Crippen LogP contribution in [0.25, 0.3) is 11.2 Å². The first-order chi connectivity index (χ1) is 9.95. The predicted octanol–water partition coefficient (Wildman–Crippen LogP) is -0.432. The number of fused-ring (bicyclic) bond motifs is 1. The number of nitrogens with one attached hydrogen (secondary N) is 2. The number of anilines is 1. The van der Waals surface area contributed by atoms with E-state index >= 15 is 0 Å². The molecule has 0 fully saturated rings. The molecule has 0 aromatic carbocycles. The van der Waals surface area contributed by atoms with Crippen LogP contribution in [0.3, 0.4) is 0 Å². The molecule has 2 aromatic heterocycles. The lowest BCUT2D eigenvalue weighted by atomic mass is 10.4. The summed E-state index contributed by atoms with van der Waals surface area (Å²) >= 11 is 0. The molecular formula is C11H10N6O4. The lowest BCUT2D eigenvalue weighted by molar-refractivity contribution is -0.140. The summed E-state index contributed by atoms with van der Waals surface area (Å²) in [7, 11) is 0. The third-order valence-electron chi connectivity index (χ3n) is 2.10. The zero-order valence-corrected chi connectivity index (χ0v) is 11.1. The number of carbonyl (C=O) groups excluding carboxylic acids is 2. The van der Waals surface area contributed by atoms with E-state index in [1.54, 1.807) is 0 Å². The van der Waals surface area contributed by atoms with Gasteiger partial charge in [0.25, 0.3) is 5.56 Å². The van der Waals surface area contributed by atoms with E-state index in [2.05, 4.69) is 35.2 Å². The van der Waals surface area contributed by atoms with Crippen LogP contribution in [-0.4, -0.2) is 38.0 Å². The van der Waals surface area contributed by atoms with Crippen molar-refractivity contribution < 1.29 is 14.4 Å². The minimum absolute atomic E-state index is 0.0179. The number of rotatable bonds is 3. The van der Waals surface area contributed by atoms with Crippen molar-refractivity contribution in [3.63, 3.8) is 0 Å². The molecule has 2 rings (SSSR count). The van der Waals surface area contributed by atoms with Crippen LogP contribution in [0.15, 0.2) is 16.1 Å². The summed E-state index contributed by atoms with van der Waals surface area (Å²) in [6.07, 6.45) is 2.42. The Kier molecular flexibility index (Phi) is 3.97. The fraction of sp³-hybridized carbons (Fsp3) is 0.182. The highest BCUT2D eigenvalue weighted by Crippen LogP contribution is 2.04. The smallest absolute Gasteiger partial charge is 0.319 e. The lowest BCUT2D eigenvalue weighted by Gasteiger charge is -2.02. The Morgan fingerprint density at radius 1 is 1.38 bits per heavy atom. The van der Waals surface area contributed by atoms with Crippen molar-refractivity contribution in [3.8, 4) is 0 Å². The summed E-state index contributed by atoms with van der Waals surface area (Å²) < 4.78 is 0. The van der Waals surface area contributed by atoms with Crippen molar-refractivity contribution in [1.29, 1.82) is 0 Å². The van der Waals surface area contributed by atoms with Crippen LogP contribution >= 0.6 is 0 Å². The van der Waals surface area contributed by atoms with Crippen molar-refractivity contribution in [1.82, 2.24) is 19.9 Å². The molecule has 2 N–H and O–H groups in total. The summed E-state index contributed by atoms with van der Waals surface area (Å²) in [4.78, 5) is 51.9. The second-order valence-electron chi connectivity index (χ2n) is 3.88. The molecule has 0 bridgehead atoms. The van der Waals surface area contributed by atoms with E-state index in [4.69, 9.17) is 0 Å². The summed E-state index contributed by atoms with van der Waals surface area (Å²) in [6, 6.07) is 0. The first-order valence-corrected chi connectivity index (χ1v) is 5.71. The topological polar surface area (TPSA) is 139 Å². The van der Waals surface area contributed by atoms with Crippen molar-refractivity contribution in [2.24, 2.45) is 5.16 Å². The maximum atomic E-state index is 11.8. The molecule has 0 atom stereocenters. The Bertz CT molecular complexity index is 797. The van der Waals surface area contributed by atoms with Crippen molar-refractivity contribution in [2.45, 2.75) is 13.8 Å². The average Bonchev–Trinajstić information content (AvgIpc) is 2.38. The number of nitrogens with zero attached hydrogens (tertiary/aromatic N) is 4. The highest BCUT2D eigenvalue weighted by molar-refractivity contribution is 5.87. The van der Waals surface area contributed by atoms with Crippen LogP contribution in [-0.2, 0) is 14.4 Å². The van der Waals surface area contributed by atoms with Gasteiger partial charge in [0.2, 0.25) is 11.9 Å².